The third kappa shape index (κ3) is 1.82. The fourth-order valence-electron chi connectivity index (χ4n) is 1.75. The predicted molar refractivity (Wildman–Crippen MR) is 53.2 cm³/mol. The zero-order chi connectivity index (χ0) is 10.8. The normalized spacial score (nSPS) is 16.4. The number of halogens is 2. The van der Waals surface area contributed by atoms with Gasteiger partial charge in [-0.05, 0) is 25.0 Å². The smallest absolute Gasteiger partial charge is 0.163 e. The van der Waals surface area contributed by atoms with Gasteiger partial charge in [0.1, 0.15) is 11.6 Å². The van der Waals surface area contributed by atoms with Crippen LogP contribution in [0.1, 0.15) is 24.8 Å². The van der Waals surface area contributed by atoms with E-state index in [-0.39, 0.29) is 16.9 Å². The molecule has 2 rings (SSSR count). The number of rotatable bonds is 1. The average Bonchev–Trinajstić information content (AvgIpc) is 2.20. The summed E-state index contributed by atoms with van der Waals surface area (Å²) in [6.07, 6.45) is 3.46. The fourth-order valence-corrected chi connectivity index (χ4v) is 1.75. The van der Waals surface area contributed by atoms with E-state index in [1.165, 1.54) is 18.2 Å². The van der Waals surface area contributed by atoms with Gasteiger partial charge < -0.3 is 0 Å². The molecular weight excluding hydrogens is 198 g/mol. The van der Waals surface area contributed by atoms with Gasteiger partial charge in [-0.3, -0.25) is 4.79 Å². The summed E-state index contributed by atoms with van der Waals surface area (Å²) in [6.45, 7) is 0. The van der Waals surface area contributed by atoms with Crippen molar-refractivity contribution in [2.75, 3.05) is 0 Å². The molecule has 15 heavy (non-hydrogen) atoms. The van der Waals surface area contributed by atoms with E-state index in [9.17, 15) is 13.6 Å². The second-order valence-corrected chi connectivity index (χ2v) is 3.53. The molecule has 0 fully saturated rings. The average molecular weight is 208 g/mol. The van der Waals surface area contributed by atoms with E-state index in [0.717, 1.165) is 6.42 Å². The van der Waals surface area contributed by atoms with Gasteiger partial charge in [0.2, 0.25) is 0 Å². The Hall–Kier alpha value is -1.51. The number of allylic oxidation sites excluding steroid dienone is 2. The zero-order valence-corrected chi connectivity index (χ0v) is 8.09. The third-order valence-electron chi connectivity index (χ3n) is 2.49. The van der Waals surface area contributed by atoms with Crippen LogP contribution in [-0.4, -0.2) is 5.78 Å². The highest BCUT2D eigenvalue weighted by Gasteiger charge is 2.21. The van der Waals surface area contributed by atoms with Gasteiger partial charge in [0.25, 0.3) is 0 Å². The Labute approximate surface area is 86.4 Å². The Balaban J connectivity index is 2.53. The molecule has 0 radical (unpaired) electrons. The van der Waals surface area contributed by atoms with Gasteiger partial charge in [-0.2, -0.15) is 0 Å². The lowest BCUT2D eigenvalue weighted by molar-refractivity contribution is -0.114. The number of ketones is 1. The summed E-state index contributed by atoms with van der Waals surface area (Å²) in [5.41, 5.74) is 0.0130. The van der Waals surface area contributed by atoms with Crippen molar-refractivity contribution in [1.29, 1.82) is 0 Å². The first-order chi connectivity index (χ1) is 7.20. The van der Waals surface area contributed by atoms with Crippen LogP contribution >= 0.6 is 0 Å². The van der Waals surface area contributed by atoms with Crippen molar-refractivity contribution in [3.8, 4) is 0 Å². The van der Waals surface area contributed by atoms with Gasteiger partial charge in [-0.15, -0.1) is 0 Å². The van der Waals surface area contributed by atoms with Gasteiger partial charge in [0, 0.05) is 12.0 Å². The Kier molecular flexibility index (Phi) is 2.62. The molecule has 0 amide bonds. The fraction of sp³-hybridized carbons (Fsp3) is 0.250. The molecule has 1 aromatic rings. The third-order valence-corrected chi connectivity index (χ3v) is 2.49. The largest absolute Gasteiger partial charge is 0.294 e. The molecule has 78 valence electrons. The number of carbonyl (C=O) groups is 1. The summed E-state index contributed by atoms with van der Waals surface area (Å²) in [5, 5.41) is 0. The maximum Gasteiger partial charge on any atom is 0.163 e. The van der Waals surface area contributed by atoms with Gasteiger partial charge in [-0.25, -0.2) is 8.78 Å². The molecule has 0 bridgehead atoms. The molecule has 0 saturated carbocycles. The van der Waals surface area contributed by atoms with Crippen molar-refractivity contribution in [3.05, 3.63) is 41.5 Å². The van der Waals surface area contributed by atoms with E-state index < -0.39 is 11.6 Å². The van der Waals surface area contributed by atoms with Crippen LogP contribution in [0.3, 0.4) is 0 Å². The first-order valence-corrected chi connectivity index (χ1v) is 4.88. The number of carbonyl (C=O) groups excluding carboxylic acids is 1. The Morgan fingerprint density at radius 3 is 2.40 bits per heavy atom. The molecule has 0 saturated heterocycles. The van der Waals surface area contributed by atoms with Crippen LogP contribution in [0.2, 0.25) is 0 Å². The van der Waals surface area contributed by atoms with E-state index in [2.05, 4.69) is 0 Å². The summed E-state index contributed by atoms with van der Waals surface area (Å²) in [6, 6.07) is 3.63. The maximum absolute atomic E-state index is 13.4. The summed E-state index contributed by atoms with van der Waals surface area (Å²) in [5.74, 6) is -1.52. The molecular formula is C12H10F2O. The van der Waals surface area contributed by atoms with Crippen molar-refractivity contribution in [1.82, 2.24) is 0 Å². The number of hydrogen-bond acceptors (Lipinski definition) is 1. The highest BCUT2D eigenvalue weighted by atomic mass is 19.1. The minimum Gasteiger partial charge on any atom is -0.294 e. The van der Waals surface area contributed by atoms with Crippen molar-refractivity contribution < 1.29 is 13.6 Å². The van der Waals surface area contributed by atoms with Crippen LogP contribution in [0.4, 0.5) is 8.78 Å². The molecule has 0 aromatic heterocycles. The molecule has 1 nitrogen and oxygen atoms in total. The molecule has 3 heteroatoms. The SMILES string of the molecule is O=C1CCCC=C1c1c(F)cccc1F. The summed E-state index contributed by atoms with van der Waals surface area (Å²) in [4.78, 5) is 11.5. The standard InChI is InChI=1S/C12H10F2O/c13-9-5-3-6-10(14)12(9)8-4-1-2-7-11(8)15/h3-6H,1-2,7H2. The minimum atomic E-state index is -0.670. The topological polar surface area (TPSA) is 17.1 Å². The van der Waals surface area contributed by atoms with E-state index in [0.29, 0.717) is 12.8 Å². The first kappa shape index (κ1) is 10.0. The van der Waals surface area contributed by atoms with Crippen LogP contribution in [0.25, 0.3) is 5.57 Å². The van der Waals surface area contributed by atoms with Crippen LogP contribution < -0.4 is 0 Å². The predicted octanol–water partition coefficient (Wildman–Crippen LogP) is 3.10. The molecule has 1 aliphatic carbocycles. The molecule has 0 atom stereocenters. The quantitative estimate of drug-likeness (QED) is 0.693. The van der Waals surface area contributed by atoms with Crippen LogP contribution in [0, 0.1) is 11.6 Å². The lowest BCUT2D eigenvalue weighted by Crippen LogP contribution is -2.09. The lowest BCUT2D eigenvalue weighted by Gasteiger charge is -2.12. The molecule has 1 aliphatic rings. The van der Waals surface area contributed by atoms with Crippen molar-refractivity contribution in [2.45, 2.75) is 19.3 Å². The molecule has 0 spiro atoms. The lowest BCUT2D eigenvalue weighted by atomic mass is 9.92. The summed E-state index contributed by atoms with van der Waals surface area (Å²) in [7, 11) is 0. The monoisotopic (exact) mass is 208 g/mol. The van der Waals surface area contributed by atoms with Crippen LogP contribution in [0.15, 0.2) is 24.3 Å². The van der Waals surface area contributed by atoms with E-state index in [1.54, 1.807) is 6.08 Å². The molecule has 0 unspecified atom stereocenters. The van der Waals surface area contributed by atoms with Crippen LogP contribution in [0.5, 0.6) is 0 Å². The molecule has 1 aromatic carbocycles. The second kappa shape index (κ2) is 3.93. The molecule has 0 aliphatic heterocycles. The van der Waals surface area contributed by atoms with E-state index >= 15 is 0 Å². The van der Waals surface area contributed by atoms with Crippen molar-refractivity contribution in [3.63, 3.8) is 0 Å². The van der Waals surface area contributed by atoms with Gasteiger partial charge >= 0.3 is 0 Å². The molecule has 0 N–H and O–H groups in total. The number of benzene rings is 1. The first-order valence-electron chi connectivity index (χ1n) is 4.88. The minimum absolute atomic E-state index is 0.176. The molecule has 0 heterocycles. The van der Waals surface area contributed by atoms with Crippen molar-refractivity contribution >= 4 is 11.4 Å². The zero-order valence-electron chi connectivity index (χ0n) is 8.09. The Bertz CT molecular complexity index is 415. The Morgan fingerprint density at radius 1 is 1.13 bits per heavy atom. The number of Topliss-reactive ketones (excluding diaryl/α,β-unsaturated/α-hetero) is 1. The summed E-state index contributed by atoms with van der Waals surface area (Å²) >= 11 is 0. The van der Waals surface area contributed by atoms with Crippen LogP contribution in [-0.2, 0) is 4.79 Å². The van der Waals surface area contributed by atoms with Gasteiger partial charge in [0.15, 0.2) is 5.78 Å². The van der Waals surface area contributed by atoms with E-state index in [1.807, 2.05) is 0 Å². The highest BCUT2D eigenvalue weighted by molar-refractivity contribution is 6.21. The second-order valence-electron chi connectivity index (χ2n) is 3.53. The summed E-state index contributed by atoms with van der Waals surface area (Å²) < 4.78 is 26.8. The number of hydrogen-bond donors (Lipinski definition) is 0. The van der Waals surface area contributed by atoms with Gasteiger partial charge in [0.05, 0.1) is 5.56 Å². The van der Waals surface area contributed by atoms with Gasteiger partial charge in [-0.1, -0.05) is 12.1 Å². The van der Waals surface area contributed by atoms with Crippen molar-refractivity contribution in [2.24, 2.45) is 0 Å². The maximum atomic E-state index is 13.4. The Morgan fingerprint density at radius 2 is 1.80 bits per heavy atom. The van der Waals surface area contributed by atoms with E-state index in [4.69, 9.17) is 0 Å². The highest BCUT2D eigenvalue weighted by Crippen LogP contribution is 2.27.